The molecule has 0 aromatic heterocycles. The van der Waals surface area contributed by atoms with Gasteiger partial charge < -0.3 is 5.11 Å². The molecular weight excluding hydrogens is 130 g/mol. The van der Waals surface area contributed by atoms with Crippen molar-refractivity contribution in [2.75, 3.05) is 0 Å². The molecule has 1 aliphatic carbocycles. The molecule has 3 nitrogen and oxygen atoms in total. The SMILES string of the molecule is CC1=CCC[C@H](N=O)[C@@H]1O. The van der Waals surface area contributed by atoms with Gasteiger partial charge in [-0.15, -0.1) is 0 Å². The average molecular weight is 141 g/mol. The molecule has 3 heteroatoms. The normalized spacial score (nSPS) is 33.2. The molecule has 0 spiro atoms. The van der Waals surface area contributed by atoms with E-state index in [0.717, 1.165) is 12.0 Å². The van der Waals surface area contributed by atoms with Crippen LogP contribution in [-0.2, 0) is 0 Å². The number of nitrogens with zero attached hydrogens (tertiary/aromatic N) is 1. The molecule has 1 rings (SSSR count). The summed E-state index contributed by atoms with van der Waals surface area (Å²) in [6.07, 6.45) is 2.86. The van der Waals surface area contributed by atoms with Crippen molar-refractivity contribution in [2.24, 2.45) is 5.18 Å². The van der Waals surface area contributed by atoms with Crippen molar-refractivity contribution in [1.82, 2.24) is 0 Å². The highest BCUT2D eigenvalue weighted by Gasteiger charge is 2.23. The van der Waals surface area contributed by atoms with Crippen molar-refractivity contribution in [3.05, 3.63) is 16.6 Å². The molecule has 0 aromatic rings. The van der Waals surface area contributed by atoms with Crippen LogP contribution in [0.5, 0.6) is 0 Å². The number of hydrogen-bond donors (Lipinski definition) is 1. The van der Waals surface area contributed by atoms with Gasteiger partial charge >= 0.3 is 0 Å². The van der Waals surface area contributed by atoms with Crippen LogP contribution in [0.3, 0.4) is 0 Å². The number of rotatable bonds is 1. The minimum absolute atomic E-state index is 0.412. The monoisotopic (exact) mass is 141 g/mol. The van der Waals surface area contributed by atoms with E-state index < -0.39 is 12.1 Å². The van der Waals surface area contributed by atoms with Gasteiger partial charge in [0.05, 0.1) is 0 Å². The Balaban J connectivity index is 2.67. The molecule has 0 aromatic carbocycles. The fourth-order valence-corrected chi connectivity index (χ4v) is 1.17. The number of allylic oxidation sites excluding steroid dienone is 1. The van der Waals surface area contributed by atoms with Gasteiger partial charge in [-0.05, 0) is 25.3 Å². The van der Waals surface area contributed by atoms with E-state index in [1.165, 1.54) is 0 Å². The second kappa shape index (κ2) is 2.92. The highest BCUT2D eigenvalue weighted by Crippen LogP contribution is 2.20. The van der Waals surface area contributed by atoms with E-state index in [0.29, 0.717) is 6.42 Å². The highest BCUT2D eigenvalue weighted by atomic mass is 16.3. The molecule has 0 saturated heterocycles. The fraction of sp³-hybridized carbons (Fsp3) is 0.714. The van der Waals surface area contributed by atoms with Crippen molar-refractivity contribution >= 4 is 0 Å². The number of aliphatic hydroxyl groups excluding tert-OH is 1. The van der Waals surface area contributed by atoms with Crippen molar-refractivity contribution in [3.8, 4) is 0 Å². The summed E-state index contributed by atoms with van der Waals surface area (Å²) < 4.78 is 0. The lowest BCUT2D eigenvalue weighted by atomic mass is 9.93. The lowest BCUT2D eigenvalue weighted by Crippen LogP contribution is -2.27. The van der Waals surface area contributed by atoms with Crippen molar-refractivity contribution in [3.63, 3.8) is 0 Å². The maximum atomic E-state index is 10.1. The third kappa shape index (κ3) is 1.24. The van der Waals surface area contributed by atoms with Gasteiger partial charge in [0.1, 0.15) is 12.1 Å². The summed E-state index contributed by atoms with van der Waals surface area (Å²) in [6, 6.07) is -0.412. The Labute approximate surface area is 59.7 Å². The fourth-order valence-electron chi connectivity index (χ4n) is 1.17. The van der Waals surface area contributed by atoms with Crippen molar-refractivity contribution < 1.29 is 5.11 Å². The van der Waals surface area contributed by atoms with Crippen molar-refractivity contribution in [2.45, 2.75) is 31.9 Å². The molecule has 56 valence electrons. The Morgan fingerprint density at radius 2 is 2.50 bits per heavy atom. The Morgan fingerprint density at radius 3 is 3.00 bits per heavy atom. The summed E-state index contributed by atoms with van der Waals surface area (Å²) in [4.78, 5) is 10.1. The van der Waals surface area contributed by atoms with Gasteiger partial charge in [0.15, 0.2) is 0 Å². The van der Waals surface area contributed by atoms with Crippen LogP contribution < -0.4 is 0 Å². The second-order valence-corrected chi connectivity index (χ2v) is 2.64. The lowest BCUT2D eigenvalue weighted by Gasteiger charge is -2.20. The van der Waals surface area contributed by atoms with Crippen molar-refractivity contribution in [1.29, 1.82) is 0 Å². The summed E-state index contributed by atoms with van der Waals surface area (Å²) in [5.41, 5.74) is 0.871. The molecule has 0 heterocycles. The van der Waals surface area contributed by atoms with Gasteiger partial charge in [-0.2, -0.15) is 4.91 Å². The average Bonchev–Trinajstić information content (AvgIpc) is 1.95. The van der Waals surface area contributed by atoms with Gasteiger partial charge in [0, 0.05) is 0 Å². The largest absolute Gasteiger partial charge is 0.386 e. The zero-order chi connectivity index (χ0) is 7.56. The molecular formula is C7H11NO2. The topological polar surface area (TPSA) is 49.7 Å². The predicted octanol–water partition coefficient (Wildman–Crippen LogP) is 1.22. The minimum atomic E-state index is -0.633. The van der Waals surface area contributed by atoms with Crippen LogP contribution in [0.2, 0.25) is 0 Å². The molecule has 0 amide bonds. The second-order valence-electron chi connectivity index (χ2n) is 2.64. The third-order valence-electron chi connectivity index (χ3n) is 1.90. The van der Waals surface area contributed by atoms with Gasteiger partial charge in [-0.25, -0.2) is 0 Å². The zero-order valence-electron chi connectivity index (χ0n) is 5.95. The molecule has 2 atom stereocenters. The first-order chi connectivity index (χ1) is 4.75. The van der Waals surface area contributed by atoms with E-state index >= 15 is 0 Å². The van der Waals surface area contributed by atoms with Crippen LogP contribution in [-0.4, -0.2) is 17.3 Å². The molecule has 1 N–H and O–H groups in total. The van der Waals surface area contributed by atoms with E-state index in [1.807, 2.05) is 13.0 Å². The third-order valence-corrected chi connectivity index (χ3v) is 1.90. The molecule has 0 saturated carbocycles. The van der Waals surface area contributed by atoms with Crippen LogP contribution in [0.1, 0.15) is 19.8 Å². The molecule has 0 radical (unpaired) electrons. The molecule has 0 bridgehead atoms. The number of nitroso groups, excluding NO2 is 1. The van der Waals surface area contributed by atoms with E-state index in [2.05, 4.69) is 5.18 Å². The summed E-state index contributed by atoms with van der Waals surface area (Å²) in [5, 5.41) is 12.1. The minimum Gasteiger partial charge on any atom is -0.386 e. The molecule has 0 aliphatic heterocycles. The first-order valence-corrected chi connectivity index (χ1v) is 3.43. The van der Waals surface area contributed by atoms with Crippen LogP contribution >= 0.6 is 0 Å². The number of aliphatic hydroxyl groups is 1. The van der Waals surface area contributed by atoms with E-state index in [-0.39, 0.29) is 0 Å². The van der Waals surface area contributed by atoms with Gasteiger partial charge in [-0.3, -0.25) is 0 Å². The first kappa shape index (κ1) is 7.41. The lowest BCUT2D eigenvalue weighted by molar-refractivity contribution is 0.168. The van der Waals surface area contributed by atoms with Crippen LogP contribution in [0, 0.1) is 4.91 Å². The quantitative estimate of drug-likeness (QED) is 0.441. The zero-order valence-corrected chi connectivity index (χ0v) is 5.95. The summed E-state index contributed by atoms with van der Waals surface area (Å²) in [7, 11) is 0. The molecule has 0 fully saturated rings. The van der Waals surface area contributed by atoms with Crippen LogP contribution in [0.25, 0.3) is 0 Å². The van der Waals surface area contributed by atoms with Crippen LogP contribution in [0.4, 0.5) is 0 Å². The predicted molar refractivity (Wildman–Crippen MR) is 38.6 cm³/mol. The van der Waals surface area contributed by atoms with Gasteiger partial charge in [0.2, 0.25) is 0 Å². The smallest absolute Gasteiger partial charge is 0.122 e. The summed E-state index contributed by atoms with van der Waals surface area (Å²) >= 11 is 0. The molecule has 0 unspecified atom stereocenters. The Morgan fingerprint density at radius 1 is 1.80 bits per heavy atom. The van der Waals surface area contributed by atoms with E-state index in [9.17, 15) is 10.0 Å². The molecule has 10 heavy (non-hydrogen) atoms. The van der Waals surface area contributed by atoms with E-state index in [1.54, 1.807) is 0 Å². The highest BCUT2D eigenvalue weighted by molar-refractivity contribution is 5.12. The Bertz CT molecular complexity index is 165. The van der Waals surface area contributed by atoms with Gasteiger partial charge in [-0.1, -0.05) is 11.3 Å². The Hall–Kier alpha value is -0.700. The summed E-state index contributed by atoms with van der Waals surface area (Å²) in [5.74, 6) is 0. The maximum absolute atomic E-state index is 10.1. The summed E-state index contributed by atoms with van der Waals surface area (Å²) in [6.45, 7) is 1.82. The van der Waals surface area contributed by atoms with E-state index in [4.69, 9.17) is 0 Å². The maximum Gasteiger partial charge on any atom is 0.122 e. The first-order valence-electron chi connectivity index (χ1n) is 3.43. The standard InChI is InChI=1S/C7H11NO2/c1-5-3-2-4-6(8-10)7(5)9/h3,6-7,9H,2,4H2,1H3/t6-,7+/m0/s1. The number of hydrogen-bond acceptors (Lipinski definition) is 3. The van der Waals surface area contributed by atoms with Crippen LogP contribution in [0.15, 0.2) is 16.8 Å². The Kier molecular flexibility index (Phi) is 2.17. The molecule has 1 aliphatic rings. The van der Waals surface area contributed by atoms with Gasteiger partial charge in [0.25, 0.3) is 0 Å².